The number of nitrogens with two attached hydrogens (primary N) is 2. The van der Waals surface area contributed by atoms with Crippen molar-refractivity contribution >= 4 is 47.4 Å². The first-order chi connectivity index (χ1) is 49.3. The summed E-state index contributed by atoms with van der Waals surface area (Å²) in [6, 6.07) is 1.15. The molecule has 23 N–H and O–H groups in total. The zero-order chi connectivity index (χ0) is 74.0. The SMILES string of the molecule is CC(c1ccccc1)C1NC(=O)CNC(=O)C(CO)NC(=O)C(C(O)C2CN=C(N)N2C2OC(CO)C(O)C(O)C2O)NC(=O)C(C(O)C2CN=C(N)N2)NC(=O)C(Cc2ccc(OC3OC(CO)C(OC4OC5COC6(CCCCCCCCCCC6)OC5C(O)C4O)C(O)C3O)cc2)NC1=O. The number of hydrogen-bond acceptors (Lipinski definition) is 31. The molecule has 0 bridgehead atoms. The fourth-order valence-corrected chi connectivity index (χ4v) is 14.2. The molecular formula is C66H98N12O25. The molecule has 8 aliphatic rings. The lowest BCUT2D eigenvalue weighted by molar-refractivity contribution is -0.405. The molecule has 7 heterocycles. The number of rotatable bonds is 16. The fourth-order valence-electron chi connectivity index (χ4n) is 14.2. The molecule has 5 saturated heterocycles. The minimum absolute atomic E-state index is 0.00577. The molecule has 103 heavy (non-hydrogen) atoms. The first-order valence-electron chi connectivity index (χ1n) is 35.0. The van der Waals surface area contributed by atoms with Crippen LogP contribution in [0.4, 0.5) is 0 Å². The highest BCUT2D eigenvalue weighted by atomic mass is 16.8. The van der Waals surface area contributed by atoms with E-state index in [4.69, 9.17) is 44.6 Å². The predicted octanol–water partition coefficient (Wildman–Crippen LogP) is -8.55. The van der Waals surface area contributed by atoms with E-state index >= 15 is 9.59 Å². The maximum Gasteiger partial charge on any atom is 0.246 e. The number of ether oxygens (including phenoxy) is 7. The molecule has 37 nitrogen and oxygen atoms in total. The van der Waals surface area contributed by atoms with Crippen LogP contribution in [0.2, 0.25) is 0 Å². The van der Waals surface area contributed by atoms with E-state index in [9.17, 15) is 80.5 Å². The molecule has 0 radical (unpaired) electrons. The monoisotopic (exact) mass is 1460 g/mol. The Morgan fingerprint density at radius 2 is 1.20 bits per heavy atom. The van der Waals surface area contributed by atoms with E-state index in [1.165, 1.54) is 30.7 Å². The summed E-state index contributed by atoms with van der Waals surface area (Å²) in [5, 5.41) is 152. The highest BCUT2D eigenvalue weighted by Crippen LogP contribution is 2.41. The van der Waals surface area contributed by atoms with Crippen LogP contribution in [-0.2, 0) is 63.6 Å². The van der Waals surface area contributed by atoms with Crippen molar-refractivity contribution in [2.24, 2.45) is 21.5 Å². The Hall–Kier alpha value is -7.12. The molecule has 2 aromatic carbocycles. The molecular weight excluding hydrogens is 1360 g/mol. The molecule has 0 aromatic heterocycles. The third-order valence-corrected chi connectivity index (χ3v) is 20.3. The van der Waals surface area contributed by atoms with E-state index < -0.39 is 239 Å². The van der Waals surface area contributed by atoms with Gasteiger partial charge < -0.3 is 148 Å². The van der Waals surface area contributed by atoms with Crippen LogP contribution < -0.4 is 53.4 Å². The van der Waals surface area contributed by atoms with Crippen molar-refractivity contribution in [1.29, 1.82) is 0 Å². The Morgan fingerprint density at radius 1 is 0.592 bits per heavy atom. The average molecular weight is 1460 g/mol. The molecule has 6 amide bonds. The number of fused-ring (bicyclic) bond motifs is 1. The highest BCUT2D eigenvalue weighted by Gasteiger charge is 2.57. The van der Waals surface area contributed by atoms with Crippen molar-refractivity contribution in [2.45, 2.75) is 242 Å². The van der Waals surface area contributed by atoms with Gasteiger partial charge in [-0.2, -0.15) is 0 Å². The van der Waals surface area contributed by atoms with Gasteiger partial charge in [-0.05, 0) is 36.1 Å². The van der Waals surface area contributed by atoms with Crippen molar-refractivity contribution in [3.05, 3.63) is 65.7 Å². The van der Waals surface area contributed by atoms with Crippen LogP contribution in [0.25, 0.3) is 0 Å². The predicted molar refractivity (Wildman–Crippen MR) is 354 cm³/mol. The number of hydrogen-bond donors (Lipinski definition) is 21. The van der Waals surface area contributed by atoms with Crippen LogP contribution in [0, 0.1) is 0 Å². The number of nitrogens with zero attached hydrogens (tertiary/aromatic N) is 3. The second-order valence-electron chi connectivity index (χ2n) is 27.4. The molecule has 6 fully saturated rings. The van der Waals surface area contributed by atoms with Crippen molar-refractivity contribution in [2.75, 3.05) is 46.1 Å². The zero-order valence-corrected chi connectivity index (χ0v) is 56.7. The fraction of sp³-hybridized carbons (Fsp3) is 0.697. The van der Waals surface area contributed by atoms with Crippen molar-refractivity contribution in [3.8, 4) is 5.75 Å². The van der Waals surface area contributed by atoms with Crippen LogP contribution >= 0.6 is 0 Å². The Labute approximate surface area is 592 Å². The molecule has 25 unspecified atom stereocenters. The molecule has 10 rings (SSSR count). The third kappa shape index (κ3) is 18.4. The van der Waals surface area contributed by atoms with Crippen molar-refractivity contribution in [1.82, 2.24) is 42.1 Å². The van der Waals surface area contributed by atoms with Crippen LogP contribution in [0.15, 0.2) is 64.6 Å². The van der Waals surface area contributed by atoms with Crippen LogP contribution in [0.5, 0.6) is 5.75 Å². The zero-order valence-electron chi connectivity index (χ0n) is 56.7. The van der Waals surface area contributed by atoms with E-state index in [-0.39, 0.29) is 30.4 Å². The molecule has 7 aliphatic heterocycles. The van der Waals surface area contributed by atoms with Gasteiger partial charge in [-0.3, -0.25) is 38.8 Å². The maximum absolute atomic E-state index is 15.2. The van der Waals surface area contributed by atoms with Gasteiger partial charge in [0.25, 0.3) is 0 Å². The quantitative estimate of drug-likeness (QED) is 0.0742. The number of nitrogens with one attached hydrogen (secondary N) is 7. The first kappa shape index (κ1) is 78.5. The van der Waals surface area contributed by atoms with Crippen molar-refractivity contribution in [3.63, 3.8) is 0 Å². The van der Waals surface area contributed by atoms with E-state index in [1.807, 2.05) is 0 Å². The summed E-state index contributed by atoms with van der Waals surface area (Å²) in [6.07, 6.45) is -18.8. The van der Waals surface area contributed by atoms with Crippen LogP contribution in [-0.4, -0.2) is 312 Å². The molecule has 572 valence electrons. The van der Waals surface area contributed by atoms with Gasteiger partial charge in [0.05, 0.1) is 58.1 Å². The largest absolute Gasteiger partial charge is 0.462 e. The number of aliphatic imine (C=N–C) groups is 2. The number of amides is 6. The van der Waals surface area contributed by atoms with Crippen LogP contribution in [0.3, 0.4) is 0 Å². The van der Waals surface area contributed by atoms with Gasteiger partial charge in [0, 0.05) is 25.2 Å². The highest BCUT2D eigenvalue weighted by molar-refractivity contribution is 5.98. The third-order valence-electron chi connectivity index (χ3n) is 20.3. The summed E-state index contributed by atoms with van der Waals surface area (Å²) in [5.74, 6) is -9.82. The lowest BCUT2D eigenvalue weighted by atomic mass is 9.92. The lowest BCUT2D eigenvalue weighted by Crippen LogP contribution is -2.70. The molecule has 1 saturated carbocycles. The number of aliphatic hydroxyl groups is 12. The maximum atomic E-state index is 15.2. The summed E-state index contributed by atoms with van der Waals surface area (Å²) in [6.45, 7) is -3.04. The van der Waals surface area contributed by atoms with Gasteiger partial charge >= 0.3 is 0 Å². The standard InChI is InChI=1S/C66H98N12O25/c1-30(32-14-10-9-11-15-32)42-58(94)72-34(22-31-16-18-33(19-17-31)98-62-52(90)49(87)54(39(28-81)100-62)102-63-53(91)50(88)55-40(101-63)29-97-66(103-55)20-12-7-5-3-2-4-6-8-13-21-66)57(93)76-43(45(83)35-23-70-64(67)74-35)60(96)77-44(59(95)73-36(26-79)56(92)69-25-41(82)75-42)46(84)37-24-71-65(68)78(37)61-51(89)48(86)47(85)38(27-80)99-61/h9-11,14-19,30,34-40,42-55,61-63,79-81,83-91H,2-8,12-13,20-29H2,1H3,(H2,68,71)(H,69,92)(H,72,94)(H,73,95)(H,75,82)(H,76,93)(H,77,96)(H3,67,70,74). The summed E-state index contributed by atoms with van der Waals surface area (Å²) in [7, 11) is 0. The minimum atomic E-state index is -2.34. The number of carbonyl (C=O) groups excluding carboxylic acids is 6. The normalized spacial score (nSPS) is 37.2. The summed E-state index contributed by atoms with van der Waals surface area (Å²) in [4.78, 5) is 96.7. The van der Waals surface area contributed by atoms with Gasteiger partial charge in [0.2, 0.25) is 41.7 Å². The van der Waals surface area contributed by atoms with Crippen molar-refractivity contribution < 1.29 is 123 Å². The number of carbonyl (C=O) groups is 6. The lowest BCUT2D eigenvalue weighted by Gasteiger charge is -2.51. The number of guanidine groups is 2. The minimum Gasteiger partial charge on any atom is -0.462 e. The van der Waals surface area contributed by atoms with E-state index in [1.54, 1.807) is 37.3 Å². The molecule has 37 heteroatoms. The van der Waals surface area contributed by atoms with E-state index in [0.717, 1.165) is 56.3 Å². The summed E-state index contributed by atoms with van der Waals surface area (Å²) < 4.78 is 42.7. The number of aliphatic hydroxyl groups excluding tert-OH is 12. The van der Waals surface area contributed by atoms with E-state index in [2.05, 4.69) is 47.2 Å². The smallest absolute Gasteiger partial charge is 0.246 e. The first-order valence-corrected chi connectivity index (χ1v) is 35.0. The Bertz CT molecular complexity index is 3240. The topological polar surface area (TPSA) is 574 Å². The van der Waals surface area contributed by atoms with Gasteiger partial charge in [0.15, 0.2) is 30.2 Å². The molecule has 1 aliphatic carbocycles. The van der Waals surface area contributed by atoms with Crippen LogP contribution in [0.1, 0.15) is 94.6 Å². The summed E-state index contributed by atoms with van der Waals surface area (Å²) in [5.41, 5.74) is 12.9. The molecule has 1 spiro atoms. The van der Waals surface area contributed by atoms with Gasteiger partial charge in [-0.1, -0.05) is 94.3 Å². The Balaban J connectivity index is 0.892. The van der Waals surface area contributed by atoms with Gasteiger partial charge in [-0.15, -0.1) is 0 Å². The Morgan fingerprint density at radius 3 is 1.84 bits per heavy atom. The van der Waals surface area contributed by atoms with Gasteiger partial charge in [-0.25, -0.2) is 0 Å². The average Bonchev–Trinajstić information content (AvgIpc) is 1.54. The second kappa shape index (κ2) is 35.3. The second-order valence-corrected chi connectivity index (χ2v) is 27.4. The van der Waals surface area contributed by atoms with E-state index in [0.29, 0.717) is 18.4 Å². The van der Waals surface area contributed by atoms with Gasteiger partial charge in [0.1, 0.15) is 121 Å². The Kier molecular flexibility index (Phi) is 26.9. The molecule has 2 aromatic rings. The number of benzene rings is 2. The molecule has 25 atom stereocenters. The summed E-state index contributed by atoms with van der Waals surface area (Å²) >= 11 is 0.